The zero-order valence-corrected chi connectivity index (χ0v) is 7.24. The lowest BCUT2D eigenvalue weighted by Crippen LogP contribution is -2.44. The van der Waals surface area contributed by atoms with Gasteiger partial charge in [-0.3, -0.25) is 9.69 Å². The van der Waals surface area contributed by atoms with E-state index < -0.39 is 12.1 Å². The lowest BCUT2D eigenvalue weighted by molar-refractivity contribution is -0.124. The maximum atomic E-state index is 11.2. The molecule has 0 aromatic rings. The van der Waals surface area contributed by atoms with Crippen LogP contribution in [0.15, 0.2) is 0 Å². The Labute approximate surface area is 76.0 Å². The Hall–Kier alpha value is -1.70. The molecule has 1 heterocycles. The summed E-state index contributed by atoms with van der Waals surface area (Å²) in [5.74, 6) is 2.03. The van der Waals surface area contributed by atoms with Gasteiger partial charge in [0.05, 0.1) is 6.54 Å². The van der Waals surface area contributed by atoms with Gasteiger partial charge in [-0.25, -0.2) is 4.79 Å². The van der Waals surface area contributed by atoms with Gasteiger partial charge in [0, 0.05) is 7.05 Å². The van der Waals surface area contributed by atoms with Crippen molar-refractivity contribution in [1.82, 2.24) is 10.2 Å². The van der Waals surface area contributed by atoms with Crippen LogP contribution < -0.4 is 5.32 Å². The number of rotatable bonds is 2. The number of terminal acetylenes is 1. The Morgan fingerprint density at radius 2 is 2.62 bits per heavy atom. The third-order valence-corrected chi connectivity index (χ3v) is 1.79. The van der Waals surface area contributed by atoms with E-state index in [1.165, 1.54) is 11.9 Å². The summed E-state index contributed by atoms with van der Waals surface area (Å²) >= 11 is 0. The molecule has 0 aromatic heterocycles. The molecule has 5 nitrogen and oxygen atoms in total. The third kappa shape index (κ3) is 1.72. The van der Waals surface area contributed by atoms with Gasteiger partial charge in [-0.15, -0.1) is 6.42 Å². The Kier molecular flexibility index (Phi) is 2.75. The van der Waals surface area contributed by atoms with Crippen LogP contribution in [0.4, 0.5) is 4.79 Å². The number of ether oxygens (including phenoxy) is 1. The second-order valence-electron chi connectivity index (χ2n) is 2.54. The zero-order valence-electron chi connectivity index (χ0n) is 7.24. The van der Waals surface area contributed by atoms with E-state index in [0.717, 1.165) is 0 Å². The van der Waals surface area contributed by atoms with Crippen LogP contribution >= 0.6 is 0 Å². The topological polar surface area (TPSA) is 58.6 Å². The largest absolute Gasteiger partial charge is 0.447 e. The number of cyclic esters (lactones) is 1. The van der Waals surface area contributed by atoms with E-state index in [4.69, 9.17) is 6.42 Å². The predicted octanol–water partition coefficient (Wildman–Crippen LogP) is -0.814. The van der Waals surface area contributed by atoms with Crippen molar-refractivity contribution in [2.24, 2.45) is 0 Å². The van der Waals surface area contributed by atoms with Gasteiger partial charge in [-0.05, 0) is 0 Å². The first-order valence-electron chi connectivity index (χ1n) is 3.79. The Bertz CT molecular complexity index is 269. The van der Waals surface area contributed by atoms with Crippen molar-refractivity contribution in [1.29, 1.82) is 0 Å². The first-order valence-corrected chi connectivity index (χ1v) is 3.79. The van der Waals surface area contributed by atoms with E-state index in [0.29, 0.717) is 0 Å². The summed E-state index contributed by atoms with van der Waals surface area (Å²) in [6.45, 7) is 0.164. The highest BCUT2D eigenvalue weighted by Gasteiger charge is 2.36. The monoisotopic (exact) mass is 182 g/mol. The number of nitrogens with one attached hydrogen (secondary N) is 1. The van der Waals surface area contributed by atoms with Crippen LogP contribution in [-0.4, -0.2) is 43.1 Å². The summed E-state index contributed by atoms with van der Waals surface area (Å²) in [6, 6.07) is -0.589. The minimum absolute atomic E-state index is 0.0696. The van der Waals surface area contributed by atoms with Gasteiger partial charge in [0.25, 0.3) is 0 Å². The highest BCUT2D eigenvalue weighted by molar-refractivity contribution is 5.87. The van der Waals surface area contributed by atoms with E-state index in [1.807, 2.05) is 0 Å². The van der Waals surface area contributed by atoms with E-state index in [-0.39, 0.29) is 19.1 Å². The average molecular weight is 182 g/mol. The fraction of sp³-hybridized carbons (Fsp3) is 0.500. The number of hydrogen-bond acceptors (Lipinski definition) is 3. The summed E-state index contributed by atoms with van der Waals surface area (Å²) in [5.41, 5.74) is 0. The lowest BCUT2D eigenvalue weighted by atomic mass is 10.2. The van der Waals surface area contributed by atoms with E-state index >= 15 is 0 Å². The molecule has 1 atom stereocenters. The van der Waals surface area contributed by atoms with Crippen LogP contribution in [0.3, 0.4) is 0 Å². The van der Waals surface area contributed by atoms with Crippen LogP contribution in [0.1, 0.15) is 0 Å². The highest BCUT2D eigenvalue weighted by Crippen LogP contribution is 2.11. The molecule has 13 heavy (non-hydrogen) atoms. The molecule has 1 aliphatic heterocycles. The molecule has 0 unspecified atom stereocenters. The molecular weight excluding hydrogens is 172 g/mol. The van der Waals surface area contributed by atoms with Gasteiger partial charge in [0.15, 0.2) is 0 Å². The van der Waals surface area contributed by atoms with E-state index in [9.17, 15) is 9.59 Å². The predicted molar refractivity (Wildman–Crippen MR) is 44.7 cm³/mol. The van der Waals surface area contributed by atoms with Crippen LogP contribution in [0.25, 0.3) is 0 Å². The number of amides is 2. The Morgan fingerprint density at radius 1 is 1.92 bits per heavy atom. The SMILES string of the molecule is C#CCN1C(=O)OC[C@H]1C(=O)NC. The minimum atomic E-state index is -0.589. The van der Waals surface area contributed by atoms with Crippen LogP contribution in [0.5, 0.6) is 0 Å². The fourth-order valence-electron chi connectivity index (χ4n) is 1.11. The van der Waals surface area contributed by atoms with Gasteiger partial charge in [-0.1, -0.05) is 5.92 Å². The molecule has 1 aliphatic rings. The van der Waals surface area contributed by atoms with Crippen molar-refractivity contribution < 1.29 is 14.3 Å². The normalized spacial score (nSPS) is 20.8. The lowest BCUT2D eigenvalue weighted by Gasteiger charge is -2.16. The van der Waals surface area contributed by atoms with E-state index in [1.54, 1.807) is 0 Å². The van der Waals surface area contributed by atoms with Crippen molar-refractivity contribution >= 4 is 12.0 Å². The smallest absolute Gasteiger partial charge is 0.411 e. The first kappa shape index (κ1) is 9.39. The van der Waals surface area contributed by atoms with Gasteiger partial charge >= 0.3 is 6.09 Å². The number of hydrogen-bond donors (Lipinski definition) is 1. The zero-order chi connectivity index (χ0) is 9.84. The quantitative estimate of drug-likeness (QED) is 0.568. The summed E-state index contributed by atoms with van der Waals surface area (Å²) in [4.78, 5) is 23.4. The van der Waals surface area contributed by atoms with Crippen LogP contribution in [0, 0.1) is 12.3 Å². The maximum Gasteiger partial charge on any atom is 0.411 e. The number of nitrogens with zero attached hydrogens (tertiary/aromatic N) is 1. The Balaban J connectivity index is 2.70. The molecule has 0 aromatic carbocycles. The van der Waals surface area contributed by atoms with E-state index in [2.05, 4.69) is 16.0 Å². The summed E-state index contributed by atoms with van der Waals surface area (Å²) in [7, 11) is 1.50. The number of carbonyl (C=O) groups excluding carboxylic acids is 2. The molecule has 0 spiro atoms. The van der Waals surface area contributed by atoms with Gasteiger partial charge in [-0.2, -0.15) is 0 Å². The van der Waals surface area contributed by atoms with Crippen molar-refractivity contribution in [3.8, 4) is 12.3 Å². The Morgan fingerprint density at radius 3 is 3.15 bits per heavy atom. The molecule has 0 bridgehead atoms. The molecule has 1 rings (SSSR count). The molecule has 1 N–H and O–H groups in total. The van der Waals surface area contributed by atoms with Crippen LogP contribution in [0.2, 0.25) is 0 Å². The highest BCUT2D eigenvalue weighted by atomic mass is 16.6. The summed E-state index contributed by atoms with van der Waals surface area (Å²) in [5, 5.41) is 2.43. The van der Waals surface area contributed by atoms with Crippen molar-refractivity contribution in [2.45, 2.75) is 6.04 Å². The molecule has 1 fully saturated rings. The van der Waals surface area contributed by atoms with Crippen molar-refractivity contribution in [3.63, 3.8) is 0 Å². The maximum absolute atomic E-state index is 11.2. The molecule has 1 saturated heterocycles. The van der Waals surface area contributed by atoms with Gasteiger partial charge in [0.1, 0.15) is 12.6 Å². The molecule has 70 valence electrons. The van der Waals surface area contributed by atoms with Crippen molar-refractivity contribution in [2.75, 3.05) is 20.2 Å². The van der Waals surface area contributed by atoms with Gasteiger partial charge in [0.2, 0.25) is 5.91 Å². The molecule has 0 aliphatic carbocycles. The average Bonchev–Trinajstić information content (AvgIpc) is 2.48. The second kappa shape index (κ2) is 3.81. The van der Waals surface area contributed by atoms with Gasteiger partial charge < -0.3 is 10.1 Å². The fourth-order valence-corrected chi connectivity index (χ4v) is 1.11. The molecular formula is C8H10N2O3. The second-order valence-corrected chi connectivity index (χ2v) is 2.54. The standard InChI is InChI=1S/C8H10N2O3/c1-3-4-10-6(7(11)9-2)5-13-8(10)12/h1,6H,4-5H2,2H3,(H,9,11)/t6-/m0/s1. The number of carbonyl (C=O) groups is 2. The van der Waals surface area contributed by atoms with Crippen molar-refractivity contribution in [3.05, 3.63) is 0 Å². The van der Waals surface area contributed by atoms with Crippen LogP contribution in [-0.2, 0) is 9.53 Å². The molecule has 2 amide bonds. The molecule has 0 radical (unpaired) electrons. The summed E-state index contributed by atoms with van der Waals surface area (Å²) < 4.78 is 4.68. The molecule has 0 saturated carbocycles. The first-order chi connectivity index (χ1) is 6.20. The minimum Gasteiger partial charge on any atom is -0.447 e. The third-order valence-electron chi connectivity index (χ3n) is 1.79. The summed E-state index contributed by atoms with van der Waals surface area (Å²) in [6.07, 6.45) is 4.51. The molecule has 5 heteroatoms. The number of likely N-dealkylation sites (N-methyl/N-ethyl adjacent to an activating group) is 1.